The molecule has 4 nitrogen and oxygen atoms in total. The first-order chi connectivity index (χ1) is 16.3. The highest BCUT2D eigenvalue weighted by atomic mass is 16.5. The smallest absolute Gasteiger partial charge is 0.315 e. The maximum absolute atomic E-state index is 12.8. The van der Waals surface area contributed by atoms with Gasteiger partial charge in [-0.1, -0.05) is 65.5 Å². The maximum Gasteiger partial charge on any atom is 0.315 e. The van der Waals surface area contributed by atoms with Gasteiger partial charge in [0.05, 0.1) is 26.1 Å². The molecule has 0 heterocycles. The van der Waals surface area contributed by atoms with E-state index in [-0.39, 0.29) is 11.9 Å². The van der Waals surface area contributed by atoms with Crippen molar-refractivity contribution in [2.45, 2.75) is 106 Å². The van der Waals surface area contributed by atoms with Crippen molar-refractivity contribution in [2.24, 2.45) is 51.8 Å². The van der Waals surface area contributed by atoms with Crippen molar-refractivity contribution in [2.75, 3.05) is 14.2 Å². The molecule has 2 saturated carbocycles. The summed E-state index contributed by atoms with van der Waals surface area (Å²) in [5.74, 6) is 3.58. The number of hydrogen-bond acceptors (Lipinski definition) is 4. The predicted molar refractivity (Wildman–Crippen MR) is 142 cm³/mol. The Kier molecular flexibility index (Phi) is 8.54. The molecule has 0 spiro atoms. The second kappa shape index (κ2) is 10.6. The molecule has 7 unspecified atom stereocenters. The summed E-state index contributed by atoms with van der Waals surface area (Å²) in [4.78, 5) is 25.5. The molecule has 0 saturated heterocycles. The highest BCUT2D eigenvalue weighted by Crippen LogP contribution is 2.67. The molecule has 0 amide bonds. The lowest BCUT2D eigenvalue weighted by Crippen LogP contribution is -2.52. The van der Waals surface area contributed by atoms with Crippen LogP contribution < -0.4 is 0 Å². The number of methoxy groups -OCH3 is 2. The van der Waals surface area contributed by atoms with Gasteiger partial charge in [-0.25, -0.2) is 0 Å². The molecule has 0 radical (unpaired) electrons. The quantitative estimate of drug-likeness (QED) is 0.248. The molecule has 0 aromatic heterocycles. The van der Waals surface area contributed by atoms with Gasteiger partial charge in [0.15, 0.2) is 0 Å². The summed E-state index contributed by atoms with van der Waals surface area (Å²) in [5, 5.41) is 0. The highest BCUT2D eigenvalue weighted by Gasteiger charge is 2.60. The number of rotatable bonds is 9. The molecule has 0 N–H and O–H groups in total. The van der Waals surface area contributed by atoms with Crippen molar-refractivity contribution in [1.82, 2.24) is 0 Å². The van der Waals surface area contributed by atoms with E-state index in [1.165, 1.54) is 52.7 Å². The Hall–Kier alpha value is -1.32. The van der Waals surface area contributed by atoms with E-state index in [1.807, 2.05) is 13.8 Å². The van der Waals surface area contributed by atoms with Crippen LogP contribution in [0.5, 0.6) is 0 Å². The largest absolute Gasteiger partial charge is 0.469 e. The van der Waals surface area contributed by atoms with E-state index >= 15 is 0 Å². The van der Waals surface area contributed by atoms with Crippen LogP contribution >= 0.6 is 0 Å². The topological polar surface area (TPSA) is 52.6 Å². The lowest BCUT2D eigenvalue weighted by atomic mass is 9.46. The molecule has 3 rings (SSSR count). The lowest BCUT2D eigenvalue weighted by Gasteiger charge is -2.58. The summed E-state index contributed by atoms with van der Waals surface area (Å²) < 4.78 is 10.4. The van der Waals surface area contributed by atoms with Gasteiger partial charge in [-0.3, -0.25) is 9.59 Å². The molecule has 0 bridgehead atoms. The van der Waals surface area contributed by atoms with Gasteiger partial charge in [-0.15, -0.1) is 0 Å². The fraction of sp³-hybridized carbons (Fsp3) is 0.871. The molecule has 7 atom stereocenters. The van der Waals surface area contributed by atoms with Gasteiger partial charge in [0, 0.05) is 5.41 Å². The van der Waals surface area contributed by atoms with E-state index in [0.29, 0.717) is 29.6 Å². The van der Waals surface area contributed by atoms with E-state index < -0.39 is 10.8 Å². The fourth-order valence-corrected chi connectivity index (χ4v) is 9.05. The Morgan fingerprint density at radius 1 is 1.03 bits per heavy atom. The second-order valence-electron chi connectivity index (χ2n) is 13.5. The molecule has 3 aliphatic rings. The number of esters is 2. The normalized spacial score (nSPS) is 35.7. The van der Waals surface area contributed by atoms with Crippen LogP contribution in [0.1, 0.15) is 106 Å². The standard InChI is InChI=1S/C31H52O4/c1-20(2)11-10-12-21(3)23-14-15-24-22-13-16-26(29(4,5)28(33)35-9)31(7,19-27(32)34-8)25(22)17-18-30(23,24)6/h16,20-25H,10-15,17-19H2,1-9H3. The van der Waals surface area contributed by atoms with E-state index in [1.54, 1.807) is 0 Å². The van der Waals surface area contributed by atoms with E-state index in [4.69, 9.17) is 9.47 Å². The minimum absolute atomic E-state index is 0.184. The summed E-state index contributed by atoms with van der Waals surface area (Å²) in [6.45, 7) is 15.9. The minimum Gasteiger partial charge on any atom is -0.469 e. The van der Waals surface area contributed by atoms with Gasteiger partial charge in [0.25, 0.3) is 0 Å². The van der Waals surface area contributed by atoms with Gasteiger partial charge in [-0.05, 0) is 86.9 Å². The van der Waals surface area contributed by atoms with Crippen molar-refractivity contribution in [1.29, 1.82) is 0 Å². The third kappa shape index (κ3) is 5.10. The van der Waals surface area contributed by atoms with Crippen LogP contribution in [0.2, 0.25) is 0 Å². The molecule has 0 aromatic rings. The Labute approximate surface area is 215 Å². The van der Waals surface area contributed by atoms with E-state index in [0.717, 1.165) is 36.2 Å². The van der Waals surface area contributed by atoms with Crippen LogP contribution in [0.3, 0.4) is 0 Å². The van der Waals surface area contributed by atoms with Gasteiger partial charge in [0.1, 0.15) is 0 Å². The highest BCUT2D eigenvalue weighted by molar-refractivity contribution is 5.81. The average molecular weight is 489 g/mol. The van der Waals surface area contributed by atoms with E-state index in [2.05, 4.69) is 40.7 Å². The molecule has 3 aliphatic carbocycles. The second-order valence-corrected chi connectivity index (χ2v) is 13.5. The maximum atomic E-state index is 12.8. The average Bonchev–Trinajstić information content (AvgIpc) is 3.15. The summed E-state index contributed by atoms with van der Waals surface area (Å²) in [6, 6.07) is 0. The molecular weight excluding hydrogens is 436 g/mol. The lowest BCUT2D eigenvalue weighted by molar-refractivity contribution is -0.153. The van der Waals surface area contributed by atoms with Crippen molar-refractivity contribution >= 4 is 11.9 Å². The number of hydrogen-bond donors (Lipinski definition) is 0. The number of carbonyl (C=O) groups excluding carboxylic acids is 2. The minimum atomic E-state index is -0.758. The van der Waals surface area contributed by atoms with Crippen molar-refractivity contribution in [3.05, 3.63) is 11.6 Å². The Morgan fingerprint density at radius 2 is 1.71 bits per heavy atom. The van der Waals surface area contributed by atoms with Crippen LogP contribution in [0.4, 0.5) is 0 Å². The molecule has 2 fully saturated rings. The molecule has 200 valence electrons. The molecule has 0 aromatic carbocycles. The van der Waals surface area contributed by atoms with Crippen molar-refractivity contribution < 1.29 is 19.1 Å². The zero-order valence-corrected chi connectivity index (χ0v) is 24.0. The van der Waals surface area contributed by atoms with Crippen LogP contribution in [0, 0.1) is 51.8 Å². The van der Waals surface area contributed by atoms with Crippen molar-refractivity contribution in [3.8, 4) is 0 Å². The number of fused-ring (bicyclic) bond motifs is 3. The first-order valence-electron chi connectivity index (χ1n) is 14.2. The van der Waals surface area contributed by atoms with E-state index in [9.17, 15) is 9.59 Å². The fourth-order valence-electron chi connectivity index (χ4n) is 9.05. The Balaban J connectivity index is 1.91. The van der Waals surface area contributed by atoms with Crippen LogP contribution in [0.25, 0.3) is 0 Å². The first-order valence-corrected chi connectivity index (χ1v) is 14.2. The number of carbonyl (C=O) groups is 2. The molecular formula is C31H52O4. The van der Waals surface area contributed by atoms with Crippen LogP contribution in [-0.2, 0) is 19.1 Å². The Bertz CT molecular complexity index is 811. The summed E-state index contributed by atoms with van der Waals surface area (Å²) in [7, 11) is 2.93. The first kappa shape index (κ1) is 28.3. The number of allylic oxidation sites excluding steroid dienone is 1. The van der Waals surface area contributed by atoms with Crippen LogP contribution in [-0.4, -0.2) is 26.2 Å². The SMILES string of the molecule is COC(=O)CC1(C)C(C(C)(C)C(=O)OC)=CCC2C1CCC1(C)C(C(C)CCCC(C)C)CCC21. The predicted octanol–water partition coefficient (Wildman–Crippen LogP) is 7.61. The summed E-state index contributed by atoms with van der Waals surface area (Å²) >= 11 is 0. The van der Waals surface area contributed by atoms with Crippen LogP contribution in [0.15, 0.2) is 11.6 Å². The summed E-state index contributed by atoms with van der Waals surface area (Å²) in [6.07, 6.45) is 12.6. The van der Waals surface area contributed by atoms with Gasteiger partial charge >= 0.3 is 11.9 Å². The Morgan fingerprint density at radius 3 is 2.31 bits per heavy atom. The van der Waals surface area contributed by atoms with Crippen molar-refractivity contribution in [3.63, 3.8) is 0 Å². The zero-order chi connectivity index (χ0) is 26.2. The van der Waals surface area contributed by atoms with Gasteiger partial charge in [-0.2, -0.15) is 0 Å². The third-order valence-corrected chi connectivity index (χ3v) is 10.8. The monoisotopic (exact) mass is 488 g/mol. The van der Waals surface area contributed by atoms with Gasteiger partial charge < -0.3 is 9.47 Å². The van der Waals surface area contributed by atoms with Gasteiger partial charge in [0.2, 0.25) is 0 Å². The number of ether oxygens (including phenoxy) is 2. The molecule has 35 heavy (non-hydrogen) atoms. The molecule has 0 aliphatic heterocycles. The third-order valence-electron chi connectivity index (χ3n) is 10.8. The zero-order valence-electron chi connectivity index (χ0n) is 24.0. The molecule has 4 heteroatoms. The summed E-state index contributed by atoms with van der Waals surface area (Å²) in [5.41, 5.74) is 0.305.